The average Bonchev–Trinajstić information content (AvgIpc) is 3.00. The number of rotatable bonds is 3. The number of aryl methyl sites for hydroxylation is 1. The van der Waals surface area contributed by atoms with E-state index in [1.165, 1.54) is 35.3 Å². The van der Waals surface area contributed by atoms with Crippen molar-refractivity contribution in [3.63, 3.8) is 0 Å². The molecule has 2 fully saturated rings. The van der Waals surface area contributed by atoms with Crippen molar-refractivity contribution in [3.05, 3.63) is 71.1 Å². The summed E-state index contributed by atoms with van der Waals surface area (Å²) in [5.41, 5.74) is 3.49. The van der Waals surface area contributed by atoms with Crippen molar-refractivity contribution in [2.24, 2.45) is 10.9 Å². The van der Waals surface area contributed by atoms with Crippen molar-refractivity contribution in [1.29, 1.82) is 0 Å². The second-order valence-electron chi connectivity index (χ2n) is 6.80. The quantitative estimate of drug-likeness (QED) is 0.607. The Morgan fingerprint density at radius 2 is 1.76 bits per heavy atom. The molecular formula is C22H23NOS. The van der Waals surface area contributed by atoms with Crippen LogP contribution in [0.2, 0.25) is 0 Å². The van der Waals surface area contributed by atoms with Gasteiger partial charge in [0.1, 0.15) is 6.10 Å². The highest BCUT2D eigenvalue weighted by Gasteiger charge is 2.39. The van der Waals surface area contributed by atoms with Crippen LogP contribution in [-0.2, 0) is 4.74 Å². The van der Waals surface area contributed by atoms with Gasteiger partial charge in [-0.3, -0.25) is 0 Å². The van der Waals surface area contributed by atoms with E-state index in [2.05, 4.69) is 66.9 Å². The molecule has 2 aromatic rings. The lowest BCUT2D eigenvalue weighted by atomic mass is 9.84. The highest BCUT2D eigenvalue weighted by Crippen LogP contribution is 2.41. The monoisotopic (exact) mass is 349 g/mol. The van der Waals surface area contributed by atoms with E-state index in [-0.39, 0.29) is 0 Å². The topological polar surface area (TPSA) is 21.6 Å². The second-order valence-corrected chi connectivity index (χ2v) is 7.75. The van der Waals surface area contributed by atoms with Crippen LogP contribution < -0.4 is 0 Å². The third-order valence-corrected chi connectivity index (χ3v) is 5.86. The van der Waals surface area contributed by atoms with Gasteiger partial charge < -0.3 is 4.74 Å². The number of nitrogens with zero attached hydrogens (tertiary/aromatic N) is 1. The van der Waals surface area contributed by atoms with E-state index in [1.807, 2.05) is 0 Å². The Kier molecular flexibility index (Phi) is 4.93. The molecular weight excluding hydrogens is 326 g/mol. The molecule has 3 heteroatoms. The first kappa shape index (κ1) is 16.5. The summed E-state index contributed by atoms with van der Waals surface area (Å²) in [5, 5.41) is 2.26. The fourth-order valence-electron chi connectivity index (χ4n) is 3.56. The normalized spacial score (nSPS) is 25.8. The second kappa shape index (κ2) is 7.49. The van der Waals surface area contributed by atoms with Crippen LogP contribution in [0, 0.1) is 12.8 Å². The molecule has 1 saturated heterocycles. The maximum absolute atomic E-state index is 6.27. The largest absolute Gasteiger partial charge is 0.473 e. The Morgan fingerprint density at radius 3 is 2.56 bits per heavy atom. The summed E-state index contributed by atoms with van der Waals surface area (Å²) in [6.07, 6.45) is 5.21. The number of benzene rings is 2. The molecule has 0 bridgehead atoms. The molecule has 128 valence electrons. The lowest BCUT2D eigenvalue weighted by Gasteiger charge is -2.22. The van der Waals surface area contributed by atoms with Gasteiger partial charge in [0.05, 0.1) is 5.69 Å². The molecule has 4 rings (SSSR count). The maximum atomic E-state index is 6.27. The average molecular weight is 349 g/mol. The zero-order valence-corrected chi connectivity index (χ0v) is 15.3. The van der Waals surface area contributed by atoms with Crippen molar-refractivity contribution in [1.82, 2.24) is 0 Å². The molecule has 0 radical (unpaired) electrons. The molecule has 1 saturated carbocycles. The molecule has 1 heterocycles. The Morgan fingerprint density at radius 1 is 1.00 bits per heavy atom. The van der Waals surface area contributed by atoms with Gasteiger partial charge in [0.25, 0.3) is 0 Å². The van der Waals surface area contributed by atoms with E-state index in [4.69, 9.17) is 9.73 Å². The third kappa shape index (κ3) is 3.82. The van der Waals surface area contributed by atoms with Gasteiger partial charge in [-0.2, -0.15) is 0 Å². The maximum Gasteiger partial charge on any atom is 0.218 e. The Labute approximate surface area is 154 Å². The number of fused-ring (bicyclic) bond motifs is 1. The molecule has 2 nitrogen and oxygen atoms in total. The van der Waals surface area contributed by atoms with E-state index >= 15 is 0 Å². The summed E-state index contributed by atoms with van der Waals surface area (Å²) in [5.74, 6) is 1.32. The molecule has 1 aliphatic heterocycles. The van der Waals surface area contributed by atoms with Gasteiger partial charge >= 0.3 is 0 Å². The zero-order chi connectivity index (χ0) is 17.1. The molecule has 0 N–H and O–H groups in total. The molecule has 25 heavy (non-hydrogen) atoms. The fraction of sp³-hybridized carbons (Fsp3) is 0.318. The molecule has 2 unspecified atom stereocenters. The standard InChI is InChI=1S/C22H23NOS/c1-16-11-13-17(14-12-16)23-22-20(15-25-18-7-3-2-4-8-18)19-9-5-6-10-21(19)24-22/h2-4,7-8,11-15,19,21H,5-6,9-10H2,1H3/b20-15+,23-22?. The third-order valence-electron chi connectivity index (χ3n) is 4.94. The van der Waals surface area contributed by atoms with Gasteiger partial charge in [-0.1, -0.05) is 54.1 Å². The Hall–Kier alpha value is -2.00. The number of ether oxygens (including phenoxy) is 1. The first-order valence-electron chi connectivity index (χ1n) is 9.04. The van der Waals surface area contributed by atoms with Crippen LogP contribution >= 0.6 is 11.8 Å². The van der Waals surface area contributed by atoms with Crippen LogP contribution in [0.5, 0.6) is 0 Å². The summed E-state index contributed by atoms with van der Waals surface area (Å²) in [6.45, 7) is 2.10. The number of thioether (sulfide) groups is 1. The van der Waals surface area contributed by atoms with Crippen molar-refractivity contribution >= 4 is 23.3 Å². The molecule has 2 aliphatic rings. The van der Waals surface area contributed by atoms with Crippen LogP contribution in [0.3, 0.4) is 0 Å². The number of hydrogen-bond donors (Lipinski definition) is 0. The first-order chi connectivity index (χ1) is 12.3. The lowest BCUT2D eigenvalue weighted by molar-refractivity contribution is 0.136. The smallest absolute Gasteiger partial charge is 0.218 e. The van der Waals surface area contributed by atoms with Gasteiger partial charge in [0, 0.05) is 16.4 Å². The van der Waals surface area contributed by atoms with Gasteiger partial charge in [-0.05, 0) is 55.9 Å². The summed E-state index contributed by atoms with van der Waals surface area (Å²) in [6, 6.07) is 18.8. The van der Waals surface area contributed by atoms with Crippen LogP contribution in [-0.4, -0.2) is 12.0 Å². The van der Waals surface area contributed by atoms with Gasteiger partial charge in [0.2, 0.25) is 5.90 Å². The minimum atomic E-state index is 0.306. The van der Waals surface area contributed by atoms with Crippen molar-refractivity contribution in [2.45, 2.75) is 43.6 Å². The Bertz CT molecular complexity index is 779. The number of hydrogen-bond acceptors (Lipinski definition) is 3. The van der Waals surface area contributed by atoms with E-state index in [1.54, 1.807) is 11.8 Å². The van der Waals surface area contributed by atoms with E-state index in [9.17, 15) is 0 Å². The van der Waals surface area contributed by atoms with Crippen molar-refractivity contribution in [2.75, 3.05) is 0 Å². The summed E-state index contributed by atoms with van der Waals surface area (Å²) in [7, 11) is 0. The van der Waals surface area contributed by atoms with Crippen LogP contribution in [0.25, 0.3) is 0 Å². The summed E-state index contributed by atoms with van der Waals surface area (Å²) >= 11 is 1.77. The van der Waals surface area contributed by atoms with Gasteiger partial charge in [0.15, 0.2) is 0 Å². The summed E-state index contributed by atoms with van der Waals surface area (Å²) < 4.78 is 6.27. The van der Waals surface area contributed by atoms with Crippen LogP contribution in [0.4, 0.5) is 5.69 Å². The zero-order valence-electron chi connectivity index (χ0n) is 14.5. The predicted octanol–water partition coefficient (Wildman–Crippen LogP) is 6.29. The van der Waals surface area contributed by atoms with Gasteiger partial charge in [-0.25, -0.2) is 4.99 Å². The molecule has 1 aliphatic carbocycles. The van der Waals surface area contributed by atoms with Crippen LogP contribution in [0.15, 0.2) is 75.5 Å². The first-order valence-corrected chi connectivity index (χ1v) is 9.92. The van der Waals surface area contributed by atoms with Crippen LogP contribution in [0.1, 0.15) is 31.2 Å². The molecule has 0 aromatic heterocycles. The highest BCUT2D eigenvalue weighted by molar-refractivity contribution is 8.02. The summed E-state index contributed by atoms with van der Waals surface area (Å²) in [4.78, 5) is 6.08. The van der Waals surface area contributed by atoms with E-state index < -0.39 is 0 Å². The number of aliphatic imine (C=N–C) groups is 1. The van der Waals surface area contributed by atoms with E-state index in [0.717, 1.165) is 18.0 Å². The molecule has 0 amide bonds. The van der Waals surface area contributed by atoms with E-state index in [0.29, 0.717) is 12.0 Å². The minimum Gasteiger partial charge on any atom is -0.473 e. The minimum absolute atomic E-state index is 0.306. The van der Waals surface area contributed by atoms with Gasteiger partial charge in [-0.15, -0.1) is 0 Å². The predicted molar refractivity (Wildman–Crippen MR) is 105 cm³/mol. The Balaban J connectivity index is 1.64. The fourth-order valence-corrected chi connectivity index (χ4v) is 4.41. The molecule has 2 aromatic carbocycles. The molecule has 2 atom stereocenters. The molecule has 0 spiro atoms. The van der Waals surface area contributed by atoms with Crippen molar-refractivity contribution in [3.8, 4) is 0 Å². The lowest BCUT2D eigenvalue weighted by Crippen LogP contribution is -2.20. The SMILES string of the molecule is Cc1ccc(N=C2OC3CCCCC3/C2=C\Sc2ccccc2)cc1. The highest BCUT2D eigenvalue weighted by atomic mass is 32.2. The van der Waals surface area contributed by atoms with Crippen molar-refractivity contribution < 1.29 is 4.74 Å².